The molecule has 1 aliphatic heterocycles. The summed E-state index contributed by atoms with van der Waals surface area (Å²) in [5.41, 5.74) is 0.424. The van der Waals surface area contributed by atoms with Gasteiger partial charge in [-0.05, 0) is 54.4 Å². The van der Waals surface area contributed by atoms with Gasteiger partial charge in [0.2, 0.25) is 0 Å². The lowest BCUT2D eigenvalue weighted by atomic mass is 10.1. The molecule has 0 spiro atoms. The summed E-state index contributed by atoms with van der Waals surface area (Å²) in [6.07, 6.45) is -3.84. The number of anilines is 2. The number of halogens is 4. The van der Waals surface area contributed by atoms with Crippen LogP contribution in [-0.2, 0) is 12.7 Å². The molecule has 176 valence electrons. The molecule has 0 saturated carbocycles. The Bertz CT molecular complexity index is 1210. The van der Waals surface area contributed by atoms with E-state index in [4.69, 9.17) is 0 Å². The highest BCUT2D eigenvalue weighted by atomic mass is 19.4. The minimum Gasteiger partial charge on any atom is -0.322 e. The molecule has 0 unspecified atom stereocenters. The molecule has 1 fully saturated rings. The zero-order chi connectivity index (χ0) is 24.3. The Kier molecular flexibility index (Phi) is 6.54. The first-order chi connectivity index (χ1) is 16.2. The van der Waals surface area contributed by atoms with Crippen molar-refractivity contribution in [1.29, 1.82) is 0 Å². The summed E-state index contributed by atoms with van der Waals surface area (Å²) in [7, 11) is 0. The van der Waals surface area contributed by atoms with Crippen LogP contribution in [0.1, 0.15) is 27.9 Å². The van der Waals surface area contributed by atoms with Gasteiger partial charge >= 0.3 is 12.2 Å². The lowest BCUT2D eigenvalue weighted by Crippen LogP contribution is -2.49. The maximum absolute atomic E-state index is 13.9. The monoisotopic (exact) mass is 471 g/mol. The molecule has 0 atom stereocenters. The number of hydrogen-bond acceptors (Lipinski definition) is 2. The number of nitrogens with zero attached hydrogens (tertiary/aromatic N) is 2. The first-order valence-electron chi connectivity index (χ1n) is 10.6. The molecule has 3 amide bonds. The van der Waals surface area contributed by atoms with Crippen molar-refractivity contribution in [1.82, 2.24) is 4.90 Å². The Morgan fingerprint density at radius 3 is 2.47 bits per heavy atom. The van der Waals surface area contributed by atoms with Crippen LogP contribution in [0.5, 0.6) is 0 Å². The number of nitrogens with one attached hydrogen (secondary N) is 1. The van der Waals surface area contributed by atoms with Crippen LogP contribution in [0.2, 0.25) is 0 Å². The van der Waals surface area contributed by atoms with Gasteiger partial charge in [-0.1, -0.05) is 30.3 Å². The summed E-state index contributed by atoms with van der Waals surface area (Å²) in [6, 6.07) is 16.8. The van der Waals surface area contributed by atoms with E-state index in [0.29, 0.717) is 36.4 Å². The van der Waals surface area contributed by atoms with Crippen LogP contribution in [0.15, 0.2) is 72.8 Å². The molecule has 0 radical (unpaired) electrons. The second-order valence-electron chi connectivity index (χ2n) is 7.89. The molecule has 0 aliphatic carbocycles. The van der Waals surface area contributed by atoms with Crippen molar-refractivity contribution in [2.45, 2.75) is 19.1 Å². The SMILES string of the molecule is O=C(Nc1cccc(N2CCCN(Cc3cccc(C(F)(F)F)c3)C2=O)c1)c1ccccc1F. The summed E-state index contributed by atoms with van der Waals surface area (Å²) in [5, 5.41) is 2.63. The average molecular weight is 471 g/mol. The largest absolute Gasteiger partial charge is 0.416 e. The lowest BCUT2D eigenvalue weighted by Gasteiger charge is -2.36. The molecular weight excluding hydrogens is 450 g/mol. The van der Waals surface area contributed by atoms with Gasteiger partial charge in [-0.3, -0.25) is 9.69 Å². The van der Waals surface area contributed by atoms with E-state index in [1.807, 2.05) is 0 Å². The molecule has 3 aromatic carbocycles. The van der Waals surface area contributed by atoms with Crippen molar-refractivity contribution in [2.24, 2.45) is 0 Å². The lowest BCUT2D eigenvalue weighted by molar-refractivity contribution is -0.137. The van der Waals surface area contributed by atoms with E-state index in [1.54, 1.807) is 36.4 Å². The Labute approximate surface area is 193 Å². The second-order valence-corrected chi connectivity index (χ2v) is 7.89. The molecule has 34 heavy (non-hydrogen) atoms. The van der Waals surface area contributed by atoms with E-state index < -0.39 is 23.5 Å². The standard InChI is InChI=1S/C25H21F4N3O2/c26-22-11-2-1-10-21(22)23(33)30-19-8-4-9-20(15-19)32-13-5-12-31(24(32)34)16-17-6-3-7-18(14-17)25(27,28)29/h1-4,6-11,14-15H,5,12-13,16H2,(H,30,33). The maximum atomic E-state index is 13.9. The predicted molar refractivity (Wildman–Crippen MR) is 120 cm³/mol. The van der Waals surface area contributed by atoms with E-state index in [-0.39, 0.29) is 18.1 Å². The van der Waals surface area contributed by atoms with Gasteiger partial charge in [-0.25, -0.2) is 9.18 Å². The summed E-state index contributed by atoms with van der Waals surface area (Å²) in [4.78, 5) is 28.5. The van der Waals surface area contributed by atoms with Gasteiger partial charge in [0.15, 0.2) is 0 Å². The molecule has 9 heteroatoms. The van der Waals surface area contributed by atoms with Gasteiger partial charge in [0.25, 0.3) is 5.91 Å². The van der Waals surface area contributed by atoms with Gasteiger partial charge in [-0.2, -0.15) is 13.2 Å². The van der Waals surface area contributed by atoms with Crippen molar-refractivity contribution >= 4 is 23.3 Å². The van der Waals surface area contributed by atoms with Crippen LogP contribution in [-0.4, -0.2) is 29.9 Å². The molecule has 1 aliphatic rings. The molecule has 0 bridgehead atoms. The van der Waals surface area contributed by atoms with Crippen molar-refractivity contribution in [3.63, 3.8) is 0 Å². The highest BCUT2D eigenvalue weighted by Crippen LogP contribution is 2.30. The number of rotatable bonds is 5. The third kappa shape index (κ3) is 5.19. The number of urea groups is 1. The third-order valence-corrected chi connectivity index (χ3v) is 5.47. The van der Waals surface area contributed by atoms with Crippen LogP contribution < -0.4 is 10.2 Å². The second kappa shape index (κ2) is 9.54. The quantitative estimate of drug-likeness (QED) is 0.469. The van der Waals surface area contributed by atoms with Gasteiger partial charge in [0.1, 0.15) is 5.82 Å². The zero-order valence-electron chi connectivity index (χ0n) is 18.0. The fourth-order valence-corrected chi connectivity index (χ4v) is 3.83. The first kappa shape index (κ1) is 23.3. The molecule has 0 aromatic heterocycles. The Morgan fingerprint density at radius 2 is 1.71 bits per heavy atom. The van der Waals surface area contributed by atoms with Gasteiger partial charge in [-0.15, -0.1) is 0 Å². The number of alkyl halides is 3. The van der Waals surface area contributed by atoms with Crippen molar-refractivity contribution in [3.8, 4) is 0 Å². The van der Waals surface area contributed by atoms with Crippen LogP contribution in [0, 0.1) is 5.82 Å². The molecule has 1 heterocycles. The highest BCUT2D eigenvalue weighted by molar-refractivity contribution is 6.05. The van der Waals surface area contributed by atoms with Crippen LogP contribution >= 0.6 is 0 Å². The topological polar surface area (TPSA) is 52.7 Å². The van der Waals surface area contributed by atoms with Crippen LogP contribution in [0.25, 0.3) is 0 Å². The van der Waals surface area contributed by atoms with Crippen LogP contribution in [0.4, 0.5) is 33.7 Å². The highest BCUT2D eigenvalue weighted by Gasteiger charge is 2.31. The fourth-order valence-electron chi connectivity index (χ4n) is 3.83. The molecule has 1 saturated heterocycles. The summed E-state index contributed by atoms with van der Waals surface area (Å²) in [5.74, 6) is -1.26. The first-order valence-corrected chi connectivity index (χ1v) is 10.6. The van der Waals surface area contributed by atoms with Crippen molar-refractivity contribution in [2.75, 3.05) is 23.3 Å². The number of carbonyl (C=O) groups is 2. The number of amides is 3. The minimum atomic E-state index is -4.46. The Balaban J connectivity index is 1.49. The molecule has 3 aromatic rings. The van der Waals surface area contributed by atoms with E-state index in [1.165, 1.54) is 34.1 Å². The zero-order valence-corrected chi connectivity index (χ0v) is 18.0. The van der Waals surface area contributed by atoms with Gasteiger partial charge < -0.3 is 10.2 Å². The molecular formula is C25H21F4N3O2. The fraction of sp³-hybridized carbons (Fsp3) is 0.200. The van der Waals surface area contributed by atoms with Crippen molar-refractivity contribution in [3.05, 3.63) is 95.3 Å². The van der Waals surface area contributed by atoms with E-state index >= 15 is 0 Å². The Hall–Kier alpha value is -3.88. The molecule has 5 nitrogen and oxygen atoms in total. The average Bonchev–Trinajstić information content (AvgIpc) is 2.80. The van der Waals surface area contributed by atoms with Gasteiger partial charge in [0.05, 0.1) is 11.1 Å². The summed E-state index contributed by atoms with van der Waals surface area (Å²) >= 11 is 0. The molecule has 1 N–H and O–H groups in total. The van der Waals surface area contributed by atoms with E-state index in [0.717, 1.165) is 12.1 Å². The van der Waals surface area contributed by atoms with Crippen LogP contribution in [0.3, 0.4) is 0 Å². The summed E-state index contributed by atoms with van der Waals surface area (Å²) in [6.45, 7) is 0.876. The van der Waals surface area contributed by atoms with Gasteiger partial charge in [0, 0.05) is 31.0 Å². The third-order valence-electron chi connectivity index (χ3n) is 5.47. The van der Waals surface area contributed by atoms with E-state index in [2.05, 4.69) is 5.32 Å². The Morgan fingerprint density at radius 1 is 0.941 bits per heavy atom. The maximum Gasteiger partial charge on any atom is 0.416 e. The predicted octanol–water partition coefficient (Wildman–Crippen LogP) is 5.93. The van der Waals surface area contributed by atoms with E-state index in [9.17, 15) is 27.2 Å². The smallest absolute Gasteiger partial charge is 0.322 e. The molecule has 4 rings (SSSR count). The number of hydrogen-bond donors (Lipinski definition) is 1. The number of carbonyl (C=O) groups excluding carboxylic acids is 2. The normalized spacial score (nSPS) is 14.3. The number of benzene rings is 3. The van der Waals surface area contributed by atoms with Crippen molar-refractivity contribution < 1.29 is 27.2 Å². The summed E-state index contributed by atoms with van der Waals surface area (Å²) < 4.78 is 53.0. The minimum absolute atomic E-state index is 0.0446.